The second kappa shape index (κ2) is 5.17. The minimum atomic E-state index is -0.193. The lowest BCUT2D eigenvalue weighted by atomic mass is 10.2. The van der Waals surface area contributed by atoms with Gasteiger partial charge in [0.15, 0.2) is 5.78 Å². The summed E-state index contributed by atoms with van der Waals surface area (Å²) in [6, 6.07) is 9.04. The van der Waals surface area contributed by atoms with Gasteiger partial charge in [0.2, 0.25) is 0 Å². The van der Waals surface area contributed by atoms with E-state index in [0.29, 0.717) is 5.75 Å². The first-order valence-corrected chi connectivity index (χ1v) is 4.37. The van der Waals surface area contributed by atoms with E-state index in [9.17, 15) is 9.59 Å². The van der Waals surface area contributed by atoms with Gasteiger partial charge < -0.3 is 4.74 Å². The van der Waals surface area contributed by atoms with E-state index >= 15 is 0 Å². The van der Waals surface area contributed by atoms with Crippen molar-refractivity contribution in [2.75, 3.05) is 6.61 Å². The molecule has 0 aliphatic carbocycles. The standard InChI is InChI=1S/C11H12O3/c1-9(12)7-10(13)8-14-11-5-3-2-4-6-11/h2-6H,7-8H2,1H3. The van der Waals surface area contributed by atoms with Crippen molar-refractivity contribution in [2.45, 2.75) is 13.3 Å². The monoisotopic (exact) mass is 192 g/mol. The number of Topliss-reactive ketones (excluding diaryl/α,β-unsaturated/α-hetero) is 2. The number of carbonyl (C=O) groups is 2. The maximum Gasteiger partial charge on any atom is 0.177 e. The van der Waals surface area contributed by atoms with E-state index in [1.807, 2.05) is 18.2 Å². The lowest BCUT2D eigenvalue weighted by molar-refractivity contribution is -0.127. The highest BCUT2D eigenvalue weighted by Crippen LogP contribution is 2.07. The first-order chi connectivity index (χ1) is 6.68. The second-order valence-electron chi connectivity index (χ2n) is 3.02. The smallest absolute Gasteiger partial charge is 0.177 e. The minimum Gasteiger partial charge on any atom is -0.486 e. The maximum absolute atomic E-state index is 11.1. The fourth-order valence-corrected chi connectivity index (χ4v) is 1.01. The average molecular weight is 192 g/mol. The van der Waals surface area contributed by atoms with Gasteiger partial charge in [-0.15, -0.1) is 0 Å². The predicted octanol–water partition coefficient (Wildman–Crippen LogP) is 1.61. The van der Waals surface area contributed by atoms with Gasteiger partial charge in [-0.05, 0) is 19.1 Å². The number of hydrogen-bond acceptors (Lipinski definition) is 3. The molecule has 14 heavy (non-hydrogen) atoms. The number of rotatable bonds is 5. The molecule has 0 N–H and O–H groups in total. The molecule has 0 amide bonds. The van der Waals surface area contributed by atoms with E-state index in [4.69, 9.17) is 4.74 Å². The van der Waals surface area contributed by atoms with Gasteiger partial charge in [-0.2, -0.15) is 0 Å². The van der Waals surface area contributed by atoms with Crippen LogP contribution in [-0.4, -0.2) is 18.2 Å². The van der Waals surface area contributed by atoms with Crippen molar-refractivity contribution in [1.82, 2.24) is 0 Å². The van der Waals surface area contributed by atoms with Crippen LogP contribution in [0.2, 0.25) is 0 Å². The molecule has 1 rings (SSSR count). The van der Waals surface area contributed by atoms with Gasteiger partial charge in [0.05, 0.1) is 6.42 Å². The van der Waals surface area contributed by atoms with Crippen molar-refractivity contribution in [1.29, 1.82) is 0 Å². The molecule has 74 valence electrons. The summed E-state index contributed by atoms with van der Waals surface area (Å²) < 4.78 is 5.17. The number of ketones is 2. The molecule has 3 nitrogen and oxygen atoms in total. The van der Waals surface area contributed by atoms with Crippen LogP contribution in [0.15, 0.2) is 30.3 Å². The molecule has 0 aliphatic rings. The molecule has 0 aliphatic heterocycles. The van der Waals surface area contributed by atoms with Crippen molar-refractivity contribution < 1.29 is 14.3 Å². The number of ether oxygens (including phenoxy) is 1. The fraction of sp³-hybridized carbons (Fsp3) is 0.273. The van der Waals surface area contributed by atoms with E-state index in [1.54, 1.807) is 12.1 Å². The quantitative estimate of drug-likeness (QED) is 0.666. The summed E-state index contributed by atoms with van der Waals surface area (Å²) in [5.41, 5.74) is 0. The molecular weight excluding hydrogens is 180 g/mol. The van der Waals surface area contributed by atoms with Crippen LogP contribution in [0.4, 0.5) is 0 Å². The predicted molar refractivity (Wildman–Crippen MR) is 52.2 cm³/mol. The highest BCUT2D eigenvalue weighted by Gasteiger charge is 2.05. The molecule has 0 spiro atoms. The highest BCUT2D eigenvalue weighted by atomic mass is 16.5. The summed E-state index contributed by atoms with van der Waals surface area (Å²) in [5.74, 6) is 0.317. The Kier molecular flexibility index (Phi) is 3.85. The molecule has 1 aromatic rings. The molecule has 1 aromatic carbocycles. The molecule has 0 aromatic heterocycles. The van der Waals surface area contributed by atoms with Crippen LogP contribution in [0.5, 0.6) is 5.75 Å². The zero-order valence-corrected chi connectivity index (χ0v) is 8.03. The SMILES string of the molecule is CC(=O)CC(=O)COc1ccccc1. The van der Waals surface area contributed by atoms with E-state index in [1.165, 1.54) is 6.92 Å². The van der Waals surface area contributed by atoms with Crippen LogP contribution in [0, 0.1) is 0 Å². The Bertz CT molecular complexity index is 317. The molecule has 0 saturated carbocycles. The Morgan fingerprint density at radius 3 is 2.43 bits per heavy atom. The normalized spacial score (nSPS) is 9.50. The third-order valence-electron chi connectivity index (χ3n) is 1.59. The molecular formula is C11H12O3. The lowest BCUT2D eigenvalue weighted by Gasteiger charge is -2.03. The van der Waals surface area contributed by atoms with Crippen LogP contribution in [-0.2, 0) is 9.59 Å². The topological polar surface area (TPSA) is 43.4 Å². The Hall–Kier alpha value is -1.64. The van der Waals surface area contributed by atoms with E-state index < -0.39 is 0 Å². The Morgan fingerprint density at radius 2 is 1.86 bits per heavy atom. The number of para-hydroxylation sites is 1. The summed E-state index contributed by atoms with van der Waals surface area (Å²) in [5, 5.41) is 0. The zero-order valence-electron chi connectivity index (χ0n) is 8.03. The maximum atomic E-state index is 11.1. The number of hydrogen-bond donors (Lipinski definition) is 0. The van der Waals surface area contributed by atoms with Crippen molar-refractivity contribution in [2.24, 2.45) is 0 Å². The molecule has 0 bridgehead atoms. The molecule has 0 radical (unpaired) electrons. The third kappa shape index (κ3) is 3.85. The largest absolute Gasteiger partial charge is 0.486 e. The number of carbonyl (C=O) groups excluding carboxylic acids is 2. The second-order valence-corrected chi connectivity index (χ2v) is 3.02. The van der Waals surface area contributed by atoms with E-state index in [0.717, 1.165) is 0 Å². The molecule has 3 heteroatoms. The van der Waals surface area contributed by atoms with Crippen LogP contribution in [0.3, 0.4) is 0 Å². The van der Waals surface area contributed by atoms with Crippen molar-refractivity contribution >= 4 is 11.6 Å². The van der Waals surface area contributed by atoms with Crippen LogP contribution in [0.25, 0.3) is 0 Å². The van der Waals surface area contributed by atoms with Gasteiger partial charge in [-0.1, -0.05) is 18.2 Å². The Labute approximate surface area is 82.7 Å². The van der Waals surface area contributed by atoms with Gasteiger partial charge in [-0.3, -0.25) is 9.59 Å². The van der Waals surface area contributed by atoms with E-state index in [-0.39, 0.29) is 24.6 Å². The summed E-state index contributed by atoms with van der Waals surface area (Å²) >= 11 is 0. The first kappa shape index (κ1) is 10.4. The van der Waals surface area contributed by atoms with Gasteiger partial charge >= 0.3 is 0 Å². The van der Waals surface area contributed by atoms with Crippen LogP contribution in [0.1, 0.15) is 13.3 Å². The molecule has 0 heterocycles. The lowest BCUT2D eigenvalue weighted by Crippen LogP contribution is -2.14. The first-order valence-electron chi connectivity index (χ1n) is 4.37. The molecule has 0 unspecified atom stereocenters. The third-order valence-corrected chi connectivity index (χ3v) is 1.59. The number of benzene rings is 1. The van der Waals surface area contributed by atoms with Gasteiger partial charge in [0, 0.05) is 0 Å². The molecule has 0 saturated heterocycles. The van der Waals surface area contributed by atoms with Crippen molar-refractivity contribution in [3.8, 4) is 5.75 Å². The fourth-order valence-electron chi connectivity index (χ4n) is 1.01. The van der Waals surface area contributed by atoms with Crippen LogP contribution >= 0.6 is 0 Å². The summed E-state index contributed by atoms with van der Waals surface area (Å²) in [6.45, 7) is 1.35. The Balaban J connectivity index is 2.34. The summed E-state index contributed by atoms with van der Waals surface area (Å²) in [4.78, 5) is 21.7. The van der Waals surface area contributed by atoms with Gasteiger partial charge in [0.25, 0.3) is 0 Å². The summed E-state index contributed by atoms with van der Waals surface area (Å²) in [7, 11) is 0. The summed E-state index contributed by atoms with van der Waals surface area (Å²) in [6.07, 6.45) is -0.0488. The van der Waals surface area contributed by atoms with E-state index in [2.05, 4.69) is 0 Å². The molecule has 0 atom stereocenters. The highest BCUT2D eigenvalue weighted by molar-refractivity contribution is 5.98. The van der Waals surface area contributed by atoms with Gasteiger partial charge in [-0.25, -0.2) is 0 Å². The molecule has 0 fully saturated rings. The van der Waals surface area contributed by atoms with Gasteiger partial charge in [0.1, 0.15) is 18.1 Å². The Morgan fingerprint density at radius 1 is 1.21 bits per heavy atom. The minimum absolute atomic E-state index is 0.0381. The van der Waals surface area contributed by atoms with Crippen molar-refractivity contribution in [3.63, 3.8) is 0 Å². The zero-order chi connectivity index (χ0) is 10.4. The van der Waals surface area contributed by atoms with Crippen LogP contribution < -0.4 is 4.74 Å². The van der Waals surface area contributed by atoms with Crippen molar-refractivity contribution in [3.05, 3.63) is 30.3 Å². The average Bonchev–Trinajstić information content (AvgIpc) is 2.15.